The largest absolute Gasteiger partial charge is 0.383 e. The number of rotatable bonds is 4. The summed E-state index contributed by atoms with van der Waals surface area (Å²) in [5.41, 5.74) is 2.47. The van der Waals surface area contributed by atoms with Gasteiger partial charge in [-0.25, -0.2) is 0 Å². The van der Waals surface area contributed by atoms with Crippen molar-refractivity contribution in [2.24, 2.45) is 0 Å². The van der Waals surface area contributed by atoms with Crippen LogP contribution in [0, 0.1) is 6.92 Å². The van der Waals surface area contributed by atoms with Crippen LogP contribution in [0.1, 0.15) is 23.0 Å². The normalized spacial score (nSPS) is 12.6. The van der Waals surface area contributed by atoms with Crippen LogP contribution in [-0.4, -0.2) is 35.9 Å². The predicted octanol–water partition coefficient (Wildman–Crippen LogP) is 1.64. The Balaban J connectivity index is 2.20. The Kier molecular flexibility index (Phi) is 3.62. The van der Waals surface area contributed by atoms with Gasteiger partial charge in [0.05, 0.1) is 12.1 Å². The van der Waals surface area contributed by atoms with Crippen LogP contribution in [-0.2, 0) is 4.74 Å². The smallest absolute Gasteiger partial charge is 0.251 e. The average Bonchev–Trinajstić information content (AvgIpc) is 2.71. The Morgan fingerprint density at radius 1 is 1.56 bits per heavy atom. The lowest BCUT2D eigenvalue weighted by atomic mass is 10.1. The number of nitrogens with one attached hydrogen (secondary N) is 2. The van der Waals surface area contributed by atoms with Gasteiger partial charge in [0.15, 0.2) is 0 Å². The van der Waals surface area contributed by atoms with Crippen LogP contribution in [0.4, 0.5) is 0 Å². The second-order valence-corrected chi connectivity index (χ2v) is 4.41. The van der Waals surface area contributed by atoms with E-state index in [-0.39, 0.29) is 11.9 Å². The number of carbonyl (C=O) groups excluding carboxylic acids is 1. The minimum atomic E-state index is -0.0953. The van der Waals surface area contributed by atoms with Crippen molar-refractivity contribution in [2.75, 3.05) is 13.7 Å². The molecule has 96 valence electrons. The molecule has 1 amide bonds. The summed E-state index contributed by atoms with van der Waals surface area (Å²) in [6.07, 6.45) is 0. The van der Waals surface area contributed by atoms with E-state index in [0.717, 1.165) is 16.6 Å². The van der Waals surface area contributed by atoms with Crippen LogP contribution in [0.5, 0.6) is 0 Å². The van der Waals surface area contributed by atoms with Crippen LogP contribution in [0.3, 0.4) is 0 Å². The molecule has 18 heavy (non-hydrogen) atoms. The maximum Gasteiger partial charge on any atom is 0.251 e. The predicted molar refractivity (Wildman–Crippen MR) is 69.6 cm³/mol. The summed E-state index contributed by atoms with van der Waals surface area (Å²) in [6, 6.07) is 5.46. The molecular weight excluding hydrogens is 230 g/mol. The summed E-state index contributed by atoms with van der Waals surface area (Å²) >= 11 is 0. The number of carbonyl (C=O) groups is 1. The lowest BCUT2D eigenvalue weighted by Crippen LogP contribution is -2.35. The van der Waals surface area contributed by atoms with Gasteiger partial charge in [-0.15, -0.1) is 0 Å². The molecule has 1 atom stereocenters. The molecule has 0 spiro atoms. The monoisotopic (exact) mass is 247 g/mol. The lowest BCUT2D eigenvalue weighted by molar-refractivity contribution is 0.0905. The quantitative estimate of drug-likeness (QED) is 0.863. The molecule has 2 N–H and O–H groups in total. The molecule has 1 heterocycles. The molecule has 0 aliphatic rings. The summed E-state index contributed by atoms with van der Waals surface area (Å²) in [6.45, 7) is 4.34. The van der Waals surface area contributed by atoms with E-state index < -0.39 is 0 Å². The van der Waals surface area contributed by atoms with Crippen LogP contribution in [0.25, 0.3) is 10.9 Å². The fraction of sp³-hybridized carbons (Fsp3) is 0.385. The van der Waals surface area contributed by atoms with Crippen molar-refractivity contribution in [3.63, 3.8) is 0 Å². The van der Waals surface area contributed by atoms with E-state index in [1.807, 2.05) is 26.0 Å². The van der Waals surface area contributed by atoms with Crippen molar-refractivity contribution in [3.8, 4) is 0 Å². The van der Waals surface area contributed by atoms with E-state index >= 15 is 0 Å². The first-order chi connectivity index (χ1) is 8.61. The van der Waals surface area contributed by atoms with Gasteiger partial charge in [-0.05, 0) is 32.0 Å². The van der Waals surface area contributed by atoms with E-state index in [9.17, 15) is 4.79 Å². The van der Waals surface area contributed by atoms with Gasteiger partial charge in [0.2, 0.25) is 0 Å². The third-order valence-corrected chi connectivity index (χ3v) is 2.80. The molecule has 0 fully saturated rings. The molecule has 0 bridgehead atoms. The van der Waals surface area contributed by atoms with Crippen molar-refractivity contribution >= 4 is 16.8 Å². The number of fused-ring (bicyclic) bond motifs is 1. The van der Waals surface area contributed by atoms with Gasteiger partial charge >= 0.3 is 0 Å². The highest BCUT2D eigenvalue weighted by molar-refractivity contribution is 5.98. The molecule has 0 saturated carbocycles. The molecule has 2 aromatic rings. The maximum atomic E-state index is 12.0. The zero-order valence-corrected chi connectivity index (χ0v) is 10.8. The highest BCUT2D eigenvalue weighted by atomic mass is 16.5. The van der Waals surface area contributed by atoms with Crippen LogP contribution in [0.15, 0.2) is 18.2 Å². The van der Waals surface area contributed by atoms with Gasteiger partial charge in [-0.2, -0.15) is 5.10 Å². The number of ether oxygens (including phenoxy) is 1. The lowest BCUT2D eigenvalue weighted by Gasteiger charge is -2.12. The molecule has 0 aliphatic heterocycles. The third-order valence-electron chi connectivity index (χ3n) is 2.80. The van der Waals surface area contributed by atoms with Gasteiger partial charge in [-0.3, -0.25) is 9.89 Å². The fourth-order valence-electron chi connectivity index (χ4n) is 1.88. The van der Waals surface area contributed by atoms with Gasteiger partial charge in [0, 0.05) is 29.8 Å². The summed E-state index contributed by atoms with van der Waals surface area (Å²) < 4.78 is 4.99. The Morgan fingerprint density at radius 3 is 3.06 bits per heavy atom. The van der Waals surface area contributed by atoms with Crippen LogP contribution < -0.4 is 5.32 Å². The standard InChI is InChI=1S/C13H17N3O2/c1-8(7-18-3)14-13(17)10-4-5-12-11(6-10)9(2)15-16-12/h4-6,8H,7H2,1-3H3,(H,14,17)(H,15,16). The number of amides is 1. The minimum Gasteiger partial charge on any atom is -0.383 e. The van der Waals surface area contributed by atoms with Crippen molar-refractivity contribution in [3.05, 3.63) is 29.5 Å². The van der Waals surface area contributed by atoms with E-state index in [1.165, 1.54) is 0 Å². The van der Waals surface area contributed by atoms with Crippen LogP contribution in [0.2, 0.25) is 0 Å². The molecule has 5 heteroatoms. The van der Waals surface area contributed by atoms with Crippen molar-refractivity contribution in [1.82, 2.24) is 15.5 Å². The minimum absolute atomic E-state index is 0.0105. The SMILES string of the molecule is COCC(C)NC(=O)c1ccc2n[nH]c(C)c2c1. The van der Waals surface area contributed by atoms with Crippen LogP contribution >= 0.6 is 0 Å². The number of benzene rings is 1. The third kappa shape index (κ3) is 2.51. The van der Waals surface area contributed by atoms with Gasteiger partial charge in [0.1, 0.15) is 0 Å². The number of hydrogen-bond acceptors (Lipinski definition) is 3. The fourth-order valence-corrected chi connectivity index (χ4v) is 1.88. The Hall–Kier alpha value is -1.88. The number of H-pyrrole nitrogens is 1. The number of nitrogens with zero attached hydrogens (tertiary/aromatic N) is 1. The molecule has 0 radical (unpaired) electrons. The van der Waals surface area contributed by atoms with E-state index in [0.29, 0.717) is 12.2 Å². The molecule has 1 unspecified atom stereocenters. The first kappa shape index (κ1) is 12.6. The zero-order valence-electron chi connectivity index (χ0n) is 10.8. The molecule has 1 aromatic heterocycles. The molecule has 2 rings (SSSR count). The number of aromatic amines is 1. The highest BCUT2D eigenvalue weighted by Gasteiger charge is 2.11. The Labute approximate surface area is 106 Å². The molecule has 1 aromatic carbocycles. The number of aryl methyl sites for hydroxylation is 1. The molecule has 0 aliphatic carbocycles. The van der Waals surface area contributed by atoms with Gasteiger partial charge < -0.3 is 10.1 Å². The second kappa shape index (κ2) is 5.18. The Morgan fingerprint density at radius 2 is 2.33 bits per heavy atom. The van der Waals surface area contributed by atoms with Crippen molar-refractivity contribution < 1.29 is 9.53 Å². The highest BCUT2D eigenvalue weighted by Crippen LogP contribution is 2.16. The summed E-state index contributed by atoms with van der Waals surface area (Å²) in [7, 11) is 1.61. The van der Waals surface area contributed by atoms with Gasteiger partial charge in [-0.1, -0.05) is 0 Å². The summed E-state index contributed by atoms with van der Waals surface area (Å²) in [5.74, 6) is -0.0953. The molecule has 5 nitrogen and oxygen atoms in total. The average molecular weight is 247 g/mol. The zero-order chi connectivity index (χ0) is 13.1. The first-order valence-electron chi connectivity index (χ1n) is 5.86. The molecule has 0 saturated heterocycles. The van der Waals surface area contributed by atoms with E-state index in [1.54, 1.807) is 13.2 Å². The maximum absolute atomic E-state index is 12.0. The summed E-state index contributed by atoms with van der Waals surface area (Å²) in [5, 5.41) is 10.9. The second-order valence-electron chi connectivity index (χ2n) is 4.41. The van der Waals surface area contributed by atoms with E-state index in [2.05, 4.69) is 15.5 Å². The number of methoxy groups -OCH3 is 1. The number of hydrogen-bond donors (Lipinski definition) is 2. The topological polar surface area (TPSA) is 67.0 Å². The molecular formula is C13H17N3O2. The number of aromatic nitrogens is 2. The first-order valence-corrected chi connectivity index (χ1v) is 5.86. The van der Waals surface area contributed by atoms with Crippen molar-refractivity contribution in [1.29, 1.82) is 0 Å². The summed E-state index contributed by atoms with van der Waals surface area (Å²) in [4.78, 5) is 12.0. The van der Waals surface area contributed by atoms with Crippen molar-refractivity contribution in [2.45, 2.75) is 19.9 Å². The van der Waals surface area contributed by atoms with E-state index in [4.69, 9.17) is 4.74 Å². The van der Waals surface area contributed by atoms with Gasteiger partial charge in [0.25, 0.3) is 5.91 Å². The Bertz CT molecular complexity index is 562.